The summed E-state index contributed by atoms with van der Waals surface area (Å²) in [7, 11) is 0. The van der Waals surface area contributed by atoms with Gasteiger partial charge in [-0.3, -0.25) is 9.59 Å². The Kier molecular flexibility index (Phi) is 7.25. The van der Waals surface area contributed by atoms with Crippen molar-refractivity contribution in [2.24, 2.45) is 0 Å². The second-order valence-electron chi connectivity index (χ2n) is 11.8. The number of hydrogen-bond acceptors (Lipinski definition) is 8. The van der Waals surface area contributed by atoms with Crippen LogP contribution >= 0.6 is 0 Å². The molecule has 2 fully saturated rings. The Hall–Kier alpha value is -2.79. The summed E-state index contributed by atoms with van der Waals surface area (Å²) in [6.45, 7) is 12.3. The van der Waals surface area contributed by atoms with E-state index in [-0.39, 0.29) is 42.1 Å². The largest absolute Gasteiger partial charge is 0.395 e. The van der Waals surface area contributed by atoms with Gasteiger partial charge >= 0.3 is 0 Å². The van der Waals surface area contributed by atoms with Crippen molar-refractivity contribution < 1.29 is 14.7 Å². The van der Waals surface area contributed by atoms with Crippen LogP contribution in [0, 0.1) is 0 Å². The highest BCUT2D eigenvalue weighted by molar-refractivity contribution is 5.87. The molecule has 1 aliphatic carbocycles. The number of amides is 2. The van der Waals surface area contributed by atoms with Crippen molar-refractivity contribution in [3.8, 4) is 0 Å². The minimum Gasteiger partial charge on any atom is -0.395 e. The number of carbonyl (C=O) groups is 2. The molecule has 4 N–H and O–H groups in total. The van der Waals surface area contributed by atoms with Gasteiger partial charge in [-0.05, 0) is 46.5 Å². The first-order valence-corrected chi connectivity index (χ1v) is 12.8. The number of carbonyl (C=O) groups excluding carboxylic acids is 2. The second-order valence-corrected chi connectivity index (χ2v) is 11.8. The number of aliphatic hydroxyl groups excluding tert-OH is 1. The van der Waals surface area contributed by atoms with Gasteiger partial charge in [0.2, 0.25) is 17.8 Å². The molecule has 198 valence electrons. The van der Waals surface area contributed by atoms with Crippen LogP contribution in [0.3, 0.4) is 0 Å². The van der Waals surface area contributed by atoms with Crippen molar-refractivity contribution >= 4 is 23.4 Å². The first-order chi connectivity index (χ1) is 16.9. The summed E-state index contributed by atoms with van der Waals surface area (Å²) in [6.07, 6.45) is 4.64. The van der Waals surface area contributed by atoms with Crippen LogP contribution in [-0.2, 0) is 15.0 Å². The van der Waals surface area contributed by atoms with E-state index in [0.29, 0.717) is 30.3 Å². The third kappa shape index (κ3) is 5.62. The molecule has 2 aromatic rings. The quantitative estimate of drug-likeness (QED) is 0.445. The van der Waals surface area contributed by atoms with Crippen LogP contribution in [0.1, 0.15) is 72.9 Å². The van der Waals surface area contributed by atoms with Crippen LogP contribution in [-0.4, -0.2) is 84.3 Å². The monoisotopic (exact) mass is 500 g/mol. The molecule has 0 bridgehead atoms. The van der Waals surface area contributed by atoms with E-state index in [9.17, 15) is 14.7 Å². The standard InChI is InChI=1S/C25H40N8O3/c1-15(35)28-18-11-16(30-24(2,3)4)7-8-19(18)32-10-9-17(22(32)36)29-23-27-14-26-21-12-20(31-33(21)23)25(5,6)13-34/h12,14,16-19,30,34H,7-11,13H2,1-6H3,(H,28,35)(H,26,27,29)/t16-,17+,18-,19+/m1/s1. The maximum absolute atomic E-state index is 13.5. The molecule has 2 amide bonds. The van der Waals surface area contributed by atoms with Crippen LogP contribution in [0.4, 0.5) is 5.95 Å². The first-order valence-electron chi connectivity index (χ1n) is 12.8. The summed E-state index contributed by atoms with van der Waals surface area (Å²) in [4.78, 5) is 36.1. The number of fused-ring (bicyclic) bond motifs is 1. The van der Waals surface area contributed by atoms with Gasteiger partial charge in [0.05, 0.1) is 24.4 Å². The van der Waals surface area contributed by atoms with Gasteiger partial charge in [-0.15, -0.1) is 0 Å². The lowest BCUT2D eigenvalue weighted by Crippen LogP contribution is -2.59. The van der Waals surface area contributed by atoms with E-state index < -0.39 is 11.5 Å². The Labute approximate surface area is 212 Å². The summed E-state index contributed by atoms with van der Waals surface area (Å²) in [6, 6.07) is 1.53. The molecule has 1 aliphatic heterocycles. The van der Waals surface area contributed by atoms with E-state index in [1.54, 1.807) is 4.52 Å². The molecule has 2 aliphatic rings. The van der Waals surface area contributed by atoms with Crippen molar-refractivity contribution in [1.29, 1.82) is 0 Å². The fourth-order valence-electron chi connectivity index (χ4n) is 5.33. The number of aromatic nitrogens is 4. The SMILES string of the molecule is CC(=O)N[C@@H]1C[C@H](NC(C)(C)C)CC[C@@H]1N1CC[C@H](Nc2ncnc3cc(C(C)(C)CO)nn23)C1=O. The topological polar surface area (TPSA) is 137 Å². The maximum Gasteiger partial charge on any atom is 0.245 e. The van der Waals surface area contributed by atoms with E-state index in [1.165, 1.54) is 13.3 Å². The normalized spacial score (nSPS) is 25.4. The van der Waals surface area contributed by atoms with Crippen LogP contribution in [0.2, 0.25) is 0 Å². The number of nitrogens with zero attached hydrogens (tertiary/aromatic N) is 5. The van der Waals surface area contributed by atoms with Crippen LogP contribution in [0.25, 0.3) is 5.65 Å². The van der Waals surface area contributed by atoms with Gasteiger partial charge in [-0.1, -0.05) is 13.8 Å². The fourth-order valence-corrected chi connectivity index (χ4v) is 5.33. The lowest BCUT2D eigenvalue weighted by molar-refractivity contribution is -0.132. The Morgan fingerprint density at radius 3 is 2.58 bits per heavy atom. The van der Waals surface area contributed by atoms with E-state index in [4.69, 9.17) is 0 Å². The first kappa shape index (κ1) is 26.3. The second kappa shape index (κ2) is 9.93. The highest BCUT2D eigenvalue weighted by Gasteiger charge is 2.42. The molecule has 11 nitrogen and oxygen atoms in total. The summed E-state index contributed by atoms with van der Waals surface area (Å²) in [5, 5.41) is 24.4. The molecule has 0 aromatic carbocycles. The zero-order chi connectivity index (χ0) is 26.3. The van der Waals surface area contributed by atoms with Gasteiger partial charge in [-0.2, -0.15) is 9.61 Å². The molecule has 3 heterocycles. The van der Waals surface area contributed by atoms with Gasteiger partial charge in [0, 0.05) is 36.5 Å². The number of aliphatic hydroxyl groups is 1. The highest BCUT2D eigenvalue weighted by atomic mass is 16.3. The Bertz CT molecular complexity index is 1110. The highest BCUT2D eigenvalue weighted by Crippen LogP contribution is 2.30. The molecule has 4 rings (SSSR count). The molecule has 4 atom stereocenters. The van der Waals surface area contributed by atoms with Gasteiger partial charge in [-0.25, -0.2) is 9.97 Å². The molecule has 36 heavy (non-hydrogen) atoms. The van der Waals surface area contributed by atoms with Crippen molar-refractivity contribution in [1.82, 2.24) is 35.1 Å². The molecule has 1 saturated carbocycles. The molecule has 2 aromatic heterocycles. The number of likely N-dealkylation sites (tertiary alicyclic amines) is 1. The van der Waals surface area contributed by atoms with Gasteiger partial charge in [0.25, 0.3) is 0 Å². The average molecular weight is 501 g/mol. The third-order valence-electron chi connectivity index (χ3n) is 7.13. The molecule has 0 unspecified atom stereocenters. The number of hydrogen-bond donors (Lipinski definition) is 4. The molecule has 11 heteroatoms. The minimum absolute atomic E-state index is 0.00686. The zero-order valence-corrected chi connectivity index (χ0v) is 22.2. The minimum atomic E-state index is -0.523. The number of rotatable bonds is 7. The summed E-state index contributed by atoms with van der Waals surface area (Å²) >= 11 is 0. The van der Waals surface area contributed by atoms with Gasteiger partial charge < -0.3 is 26.0 Å². The Balaban J connectivity index is 1.49. The summed E-state index contributed by atoms with van der Waals surface area (Å²) < 4.78 is 1.59. The average Bonchev–Trinajstić information content (AvgIpc) is 3.38. The summed E-state index contributed by atoms with van der Waals surface area (Å²) in [5.74, 6) is 0.371. The summed E-state index contributed by atoms with van der Waals surface area (Å²) in [5.41, 5.74) is 0.761. The predicted molar refractivity (Wildman–Crippen MR) is 137 cm³/mol. The van der Waals surface area contributed by atoms with E-state index in [2.05, 4.69) is 51.8 Å². The van der Waals surface area contributed by atoms with E-state index >= 15 is 0 Å². The molecule has 0 radical (unpaired) electrons. The van der Waals surface area contributed by atoms with Gasteiger partial charge in [0.15, 0.2) is 5.65 Å². The van der Waals surface area contributed by atoms with Gasteiger partial charge in [0.1, 0.15) is 12.4 Å². The number of nitrogens with one attached hydrogen (secondary N) is 3. The zero-order valence-electron chi connectivity index (χ0n) is 22.2. The smallest absolute Gasteiger partial charge is 0.245 e. The third-order valence-corrected chi connectivity index (χ3v) is 7.13. The Morgan fingerprint density at radius 2 is 1.92 bits per heavy atom. The van der Waals surface area contributed by atoms with E-state index in [1.807, 2.05) is 24.8 Å². The number of anilines is 1. The molecular formula is C25H40N8O3. The van der Waals surface area contributed by atoms with Crippen LogP contribution in [0.15, 0.2) is 12.4 Å². The lowest BCUT2D eigenvalue weighted by Gasteiger charge is -2.43. The molecule has 0 spiro atoms. The van der Waals surface area contributed by atoms with Crippen molar-refractivity contribution in [3.63, 3.8) is 0 Å². The molecular weight excluding hydrogens is 460 g/mol. The fraction of sp³-hybridized carbons (Fsp3) is 0.720. The van der Waals surface area contributed by atoms with E-state index in [0.717, 1.165) is 19.3 Å². The molecule has 1 saturated heterocycles. The lowest BCUT2D eigenvalue weighted by atomic mass is 9.84. The van der Waals surface area contributed by atoms with Crippen molar-refractivity contribution in [2.75, 3.05) is 18.5 Å². The Morgan fingerprint density at radius 1 is 1.17 bits per heavy atom. The van der Waals surface area contributed by atoms with Crippen LogP contribution in [0.5, 0.6) is 0 Å². The van der Waals surface area contributed by atoms with Crippen LogP contribution < -0.4 is 16.0 Å². The van der Waals surface area contributed by atoms with Crippen molar-refractivity contribution in [2.45, 2.75) is 102 Å². The predicted octanol–water partition coefficient (Wildman–Crippen LogP) is 1.22. The maximum atomic E-state index is 13.5. The van der Waals surface area contributed by atoms with Crippen molar-refractivity contribution in [3.05, 3.63) is 18.1 Å².